The molecular weight excluding hydrogens is 375 g/mol. The number of anilines is 1. The summed E-state index contributed by atoms with van der Waals surface area (Å²) in [6.45, 7) is 6.18. The zero-order valence-electron chi connectivity index (χ0n) is 16.4. The largest absolute Gasteiger partial charge is 0.367 e. The Hall–Kier alpha value is -3.00. The molecule has 29 heavy (non-hydrogen) atoms. The van der Waals surface area contributed by atoms with Crippen LogP contribution >= 0.6 is 0 Å². The highest BCUT2D eigenvalue weighted by Gasteiger charge is 2.19. The number of para-hydroxylation sites is 1. The fraction of sp³-hybridized carbons (Fsp3) is 0.381. The van der Waals surface area contributed by atoms with E-state index in [1.54, 1.807) is 31.2 Å². The van der Waals surface area contributed by atoms with Crippen molar-refractivity contribution in [1.29, 1.82) is 0 Å². The Morgan fingerprint density at radius 2 is 1.90 bits per heavy atom. The first kappa shape index (κ1) is 20.7. The average Bonchev–Trinajstić information content (AvgIpc) is 2.72. The fourth-order valence-electron chi connectivity index (χ4n) is 3.47. The van der Waals surface area contributed by atoms with Gasteiger partial charge in [0, 0.05) is 49.9 Å². The van der Waals surface area contributed by atoms with E-state index >= 15 is 0 Å². The summed E-state index contributed by atoms with van der Waals surface area (Å²) in [4.78, 5) is 27.1. The summed E-state index contributed by atoms with van der Waals surface area (Å²) in [6.07, 6.45) is 0.777. The van der Waals surface area contributed by atoms with Gasteiger partial charge in [0.2, 0.25) is 0 Å². The number of nitro groups is 1. The monoisotopic (exact) mass is 400 g/mol. The van der Waals surface area contributed by atoms with Crippen LogP contribution in [0.4, 0.5) is 15.8 Å². The van der Waals surface area contributed by atoms with Crippen molar-refractivity contribution >= 4 is 17.3 Å². The Balaban J connectivity index is 1.40. The van der Waals surface area contributed by atoms with Crippen LogP contribution in [0, 0.1) is 22.9 Å². The van der Waals surface area contributed by atoms with Crippen molar-refractivity contribution in [3.63, 3.8) is 0 Å². The van der Waals surface area contributed by atoms with Crippen LogP contribution in [0.15, 0.2) is 42.5 Å². The number of nitrogens with one attached hydrogen (secondary N) is 1. The summed E-state index contributed by atoms with van der Waals surface area (Å²) in [5, 5.41) is 13.8. The van der Waals surface area contributed by atoms with Crippen LogP contribution in [0.1, 0.15) is 22.3 Å². The lowest BCUT2D eigenvalue weighted by Crippen LogP contribution is -2.47. The molecular formula is C21H25FN4O3. The molecule has 2 aromatic rings. The first-order chi connectivity index (χ1) is 14.0. The molecule has 3 rings (SSSR count). The van der Waals surface area contributed by atoms with E-state index in [1.165, 1.54) is 12.1 Å². The Kier molecular flexibility index (Phi) is 6.77. The summed E-state index contributed by atoms with van der Waals surface area (Å²) >= 11 is 0. The minimum absolute atomic E-state index is 0.0506. The van der Waals surface area contributed by atoms with E-state index in [2.05, 4.69) is 15.1 Å². The van der Waals surface area contributed by atoms with Crippen molar-refractivity contribution in [1.82, 2.24) is 10.2 Å². The van der Waals surface area contributed by atoms with Gasteiger partial charge in [-0.25, -0.2) is 4.39 Å². The van der Waals surface area contributed by atoms with Gasteiger partial charge >= 0.3 is 0 Å². The van der Waals surface area contributed by atoms with Gasteiger partial charge in [0.25, 0.3) is 11.6 Å². The second-order valence-electron chi connectivity index (χ2n) is 7.15. The molecule has 2 aromatic carbocycles. The molecule has 0 atom stereocenters. The van der Waals surface area contributed by atoms with Crippen molar-refractivity contribution in [2.24, 2.45) is 0 Å². The van der Waals surface area contributed by atoms with E-state index in [1.807, 2.05) is 6.07 Å². The van der Waals surface area contributed by atoms with Gasteiger partial charge in [0.1, 0.15) is 5.82 Å². The zero-order chi connectivity index (χ0) is 20.8. The van der Waals surface area contributed by atoms with E-state index < -0.39 is 4.92 Å². The van der Waals surface area contributed by atoms with Gasteiger partial charge in [0.15, 0.2) is 0 Å². The number of rotatable bonds is 7. The van der Waals surface area contributed by atoms with Crippen molar-refractivity contribution in [2.45, 2.75) is 13.3 Å². The number of benzene rings is 2. The second kappa shape index (κ2) is 9.47. The summed E-state index contributed by atoms with van der Waals surface area (Å²) < 4.78 is 13.9. The molecule has 1 heterocycles. The lowest BCUT2D eigenvalue weighted by atomic mass is 10.1. The Morgan fingerprint density at radius 3 is 2.59 bits per heavy atom. The maximum atomic E-state index is 13.9. The first-order valence-electron chi connectivity index (χ1n) is 9.71. The minimum Gasteiger partial charge on any atom is -0.367 e. The molecule has 0 spiro atoms. The molecule has 1 aliphatic heterocycles. The van der Waals surface area contributed by atoms with E-state index in [0.717, 1.165) is 39.1 Å². The quantitative estimate of drug-likeness (QED) is 0.439. The molecule has 154 valence electrons. The number of nitro benzene ring substituents is 1. The van der Waals surface area contributed by atoms with Crippen LogP contribution in [0.25, 0.3) is 0 Å². The van der Waals surface area contributed by atoms with Crippen molar-refractivity contribution < 1.29 is 14.1 Å². The van der Waals surface area contributed by atoms with Gasteiger partial charge in [0.05, 0.1) is 10.6 Å². The lowest BCUT2D eigenvalue weighted by molar-refractivity contribution is -0.385. The molecule has 0 bridgehead atoms. The Bertz CT molecular complexity index is 882. The smallest absolute Gasteiger partial charge is 0.273 e. The zero-order valence-corrected chi connectivity index (χ0v) is 16.4. The summed E-state index contributed by atoms with van der Waals surface area (Å²) in [6, 6.07) is 11.3. The third-order valence-electron chi connectivity index (χ3n) is 5.17. The van der Waals surface area contributed by atoms with Gasteiger partial charge in [-0.15, -0.1) is 0 Å². The van der Waals surface area contributed by atoms with Gasteiger partial charge < -0.3 is 10.2 Å². The Labute approximate surface area is 169 Å². The minimum atomic E-state index is -0.479. The standard InChI is InChI=1S/C21H25FN4O3/c1-16-7-8-17(15-20(16)26(28)29)21(27)23-9-4-10-24-11-13-25(14-12-24)19-6-3-2-5-18(19)22/h2-3,5-8,15H,4,9-14H2,1H3,(H,23,27). The molecule has 0 saturated carbocycles. The molecule has 1 aliphatic rings. The van der Waals surface area contributed by atoms with Crippen LogP contribution in [-0.4, -0.2) is 55.0 Å². The van der Waals surface area contributed by atoms with Crippen LogP contribution in [0.5, 0.6) is 0 Å². The van der Waals surface area contributed by atoms with E-state index in [4.69, 9.17) is 0 Å². The molecule has 1 saturated heterocycles. The topological polar surface area (TPSA) is 78.7 Å². The molecule has 1 fully saturated rings. The molecule has 7 nitrogen and oxygen atoms in total. The maximum absolute atomic E-state index is 13.9. The average molecular weight is 400 g/mol. The predicted octanol–water partition coefficient (Wildman–Crippen LogP) is 2.98. The van der Waals surface area contributed by atoms with E-state index in [9.17, 15) is 19.3 Å². The number of nitrogens with zero attached hydrogens (tertiary/aromatic N) is 3. The number of amides is 1. The fourth-order valence-corrected chi connectivity index (χ4v) is 3.47. The third kappa shape index (κ3) is 5.29. The number of hydrogen-bond acceptors (Lipinski definition) is 5. The van der Waals surface area contributed by atoms with Crippen molar-refractivity contribution in [3.05, 3.63) is 69.5 Å². The summed E-state index contributed by atoms with van der Waals surface area (Å²) in [5.74, 6) is -0.502. The summed E-state index contributed by atoms with van der Waals surface area (Å²) in [7, 11) is 0. The summed E-state index contributed by atoms with van der Waals surface area (Å²) in [5.41, 5.74) is 1.42. The number of carbonyl (C=O) groups is 1. The molecule has 1 N–H and O–H groups in total. The van der Waals surface area contributed by atoms with Gasteiger partial charge in [-0.1, -0.05) is 18.2 Å². The highest BCUT2D eigenvalue weighted by Crippen LogP contribution is 2.20. The number of piperazine rings is 1. The van der Waals surface area contributed by atoms with Gasteiger partial charge in [-0.3, -0.25) is 19.8 Å². The lowest BCUT2D eigenvalue weighted by Gasteiger charge is -2.36. The highest BCUT2D eigenvalue weighted by molar-refractivity contribution is 5.94. The normalized spacial score (nSPS) is 14.6. The van der Waals surface area contributed by atoms with Gasteiger partial charge in [-0.05, 0) is 38.1 Å². The van der Waals surface area contributed by atoms with Gasteiger partial charge in [-0.2, -0.15) is 0 Å². The van der Waals surface area contributed by atoms with Crippen LogP contribution in [0.3, 0.4) is 0 Å². The van der Waals surface area contributed by atoms with Crippen LogP contribution < -0.4 is 10.2 Å². The van der Waals surface area contributed by atoms with Crippen LogP contribution in [0.2, 0.25) is 0 Å². The molecule has 1 amide bonds. The number of aryl methyl sites for hydroxylation is 1. The number of halogens is 1. The molecule has 0 radical (unpaired) electrons. The van der Waals surface area contributed by atoms with Crippen LogP contribution in [-0.2, 0) is 0 Å². The van der Waals surface area contributed by atoms with Crippen molar-refractivity contribution in [2.75, 3.05) is 44.2 Å². The SMILES string of the molecule is Cc1ccc(C(=O)NCCCN2CCN(c3ccccc3F)CC2)cc1[N+](=O)[O-]. The molecule has 0 aliphatic carbocycles. The third-order valence-corrected chi connectivity index (χ3v) is 5.17. The molecule has 0 unspecified atom stereocenters. The van der Waals surface area contributed by atoms with E-state index in [0.29, 0.717) is 23.4 Å². The first-order valence-corrected chi connectivity index (χ1v) is 9.71. The van der Waals surface area contributed by atoms with Crippen molar-refractivity contribution in [3.8, 4) is 0 Å². The predicted molar refractivity (Wildman–Crippen MR) is 110 cm³/mol. The second-order valence-corrected chi connectivity index (χ2v) is 7.15. The maximum Gasteiger partial charge on any atom is 0.273 e. The Morgan fingerprint density at radius 1 is 1.17 bits per heavy atom. The van der Waals surface area contributed by atoms with E-state index in [-0.39, 0.29) is 17.4 Å². The molecule has 8 heteroatoms. The molecule has 0 aromatic heterocycles. The number of carbonyl (C=O) groups excluding carboxylic acids is 1. The number of hydrogen-bond donors (Lipinski definition) is 1. The highest BCUT2D eigenvalue weighted by atomic mass is 19.1.